The van der Waals surface area contributed by atoms with Crippen LogP contribution in [0.4, 0.5) is 0 Å². The Morgan fingerprint density at radius 2 is 1.84 bits per heavy atom. The highest BCUT2D eigenvalue weighted by molar-refractivity contribution is 9.10. The number of rotatable bonds is 4. The Hall–Kier alpha value is -2.73. The van der Waals surface area contributed by atoms with E-state index in [-0.39, 0.29) is 17.6 Å². The van der Waals surface area contributed by atoms with Gasteiger partial charge in [0.25, 0.3) is 0 Å². The van der Waals surface area contributed by atoms with Crippen molar-refractivity contribution in [3.05, 3.63) is 75.4 Å². The molecule has 0 radical (unpaired) electrons. The van der Waals surface area contributed by atoms with E-state index in [1.54, 1.807) is 37.3 Å². The van der Waals surface area contributed by atoms with Crippen molar-refractivity contribution in [2.75, 3.05) is 6.61 Å². The molecule has 6 heteroatoms. The van der Waals surface area contributed by atoms with Crippen molar-refractivity contribution in [1.29, 1.82) is 0 Å². The van der Waals surface area contributed by atoms with Crippen molar-refractivity contribution in [1.82, 2.24) is 0 Å². The highest BCUT2D eigenvalue weighted by Gasteiger charge is 2.24. The van der Waals surface area contributed by atoms with Gasteiger partial charge in [-0.25, -0.2) is 14.6 Å². The number of benzene rings is 2. The van der Waals surface area contributed by atoms with Crippen LogP contribution in [0.3, 0.4) is 0 Å². The fourth-order valence-electron chi connectivity index (χ4n) is 2.21. The summed E-state index contributed by atoms with van der Waals surface area (Å²) >= 11 is 3.36. The molecule has 0 fully saturated rings. The third-order valence-corrected chi connectivity index (χ3v) is 3.97. The summed E-state index contributed by atoms with van der Waals surface area (Å²) in [4.78, 5) is 27.9. The van der Waals surface area contributed by atoms with Crippen LogP contribution < -0.4 is 0 Å². The molecule has 5 nitrogen and oxygen atoms in total. The van der Waals surface area contributed by atoms with Crippen LogP contribution in [0.25, 0.3) is 6.08 Å². The normalized spacial score (nSPS) is 15.0. The number of carbonyl (C=O) groups excluding carboxylic acids is 2. The molecule has 1 heterocycles. The van der Waals surface area contributed by atoms with Gasteiger partial charge in [0.05, 0.1) is 12.2 Å². The molecule has 0 N–H and O–H groups in total. The molecule has 1 aliphatic rings. The first-order valence-corrected chi connectivity index (χ1v) is 8.42. The number of carbonyl (C=O) groups is 2. The zero-order valence-corrected chi connectivity index (χ0v) is 14.9. The van der Waals surface area contributed by atoms with E-state index in [1.807, 2.05) is 24.3 Å². The molecule has 25 heavy (non-hydrogen) atoms. The van der Waals surface area contributed by atoms with Crippen molar-refractivity contribution in [2.24, 2.45) is 4.99 Å². The molecule has 2 aromatic rings. The average Bonchev–Trinajstić information content (AvgIpc) is 2.97. The molecule has 0 aliphatic carbocycles. The van der Waals surface area contributed by atoms with E-state index >= 15 is 0 Å². The van der Waals surface area contributed by atoms with Gasteiger partial charge in [0.2, 0.25) is 5.90 Å². The quantitative estimate of drug-likeness (QED) is 0.576. The Bertz CT molecular complexity index is 867. The molecule has 0 bridgehead atoms. The summed E-state index contributed by atoms with van der Waals surface area (Å²) in [7, 11) is 0. The first-order valence-electron chi connectivity index (χ1n) is 7.62. The molecule has 2 aromatic carbocycles. The minimum Gasteiger partial charge on any atom is -0.462 e. The fraction of sp³-hybridized carbons (Fsp3) is 0.105. The highest BCUT2D eigenvalue weighted by atomic mass is 79.9. The molecule has 0 amide bonds. The van der Waals surface area contributed by atoms with Crippen LogP contribution in [-0.4, -0.2) is 24.4 Å². The van der Waals surface area contributed by atoms with Gasteiger partial charge in [-0.15, -0.1) is 0 Å². The van der Waals surface area contributed by atoms with E-state index in [1.165, 1.54) is 0 Å². The second-order valence-electron chi connectivity index (χ2n) is 5.19. The van der Waals surface area contributed by atoms with Crippen LogP contribution in [0, 0.1) is 0 Å². The van der Waals surface area contributed by atoms with Crippen LogP contribution >= 0.6 is 15.9 Å². The number of aliphatic imine (C=N–C) groups is 1. The van der Waals surface area contributed by atoms with Gasteiger partial charge in [-0.2, -0.15) is 0 Å². The van der Waals surface area contributed by atoms with E-state index < -0.39 is 5.97 Å². The Balaban J connectivity index is 1.82. The predicted molar refractivity (Wildman–Crippen MR) is 97.1 cm³/mol. The minimum atomic E-state index is -0.507. The minimum absolute atomic E-state index is 0.210. The van der Waals surface area contributed by atoms with Crippen molar-refractivity contribution >= 4 is 39.8 Å². The standard InChI is InChI=1S/C19H14BrNO4/c1-2-24-18(22)14-5-3-12(4-6-14)11-16-19(23)25-17(21-16)13-7-9-15(20)10-8-13/h3-11H,2H2,1H3/b16-11-. The van der Waals surface area contributed by atoms with E-state index in [2.05, 4.69) is 20.9 Å². The molecule has 0 unspecified atom stereocenters. The van der Waals surface area contributed by atoms with Gasteiger partial charge in [0, 0.05) is 10.0 Å². The Kier molecular flexibility index (Phi) is 5.09. The zero-order valence-electron chi connectivity index (χ0n) is 13.4. The van der Waals surface area contributed by atoms with Gasteiger partial charge in [-0.05, 0) is 55.0 Å². The van der Waals surface area contributed by atoms with Crippen molar-refractivity contribution < 1.29 is 19.1 Å². The molecule has 0 spiro atoms. The maximum atomic E-state index is 12.0. The number of nitrogens with zero attached hydrogens (tertiary/aromatic N) is 1. The van der Waals surface area contributed by atoms with Crippen LogP contribution in [0.15, 0.2) is 63.7 Å². The van der Waals surface area contributed by atoms with E-state index in [9.17, 15) is 9.59 Å². The molecule has 0 saturated heterocycles. The maximum absolute atomic E-state index is 12.0. The summed E-state index contributed by atoms with van der Waals surface area (Å²) in [5, 5.41) is 0. The van der Waals surface area contributed by atoms with Gasteiger partial charge in [-0.1, -0.05) is 28.1 Å². The highest BCUT2D eigenvalue weighted by Crippen LogP contribution is 2.20. The average molecular weight is 400 g/mol. The first kappa shape index (κ1) is 17.1. The van der Waals surface area contributed by atoms with Gasteiger partial charge in [-0.3, -0.25) is 0 Å². The Morgan fingerprint density at radius 3 is 2.48 bits per heavy atom. The van der Waals surface area contributed by atoms with Gasteiger partial charge < -0.3 is 9.47 Å². The lowest BCUT2D eigenvalue weighted by atomic mass is 10.1. The van der Waals surface area contributed by atoms with Crippen molar-refractivity contribution in [2.45, 2.75) is 6.92 Å². The molecule has 1 aliphatic heterocycles. The van der Waals surface area contributed by atoms with Crippen LogP contribution in [0.1, 0.15) is 28.4 Å². The second kappa shape index (κ2) is 7.44. The summed E-state index contributed by atoms with van der Waals surface area (Å²) in [5.74, 6) is -0.614. The lowest BCUT2D eigenvalue weighted by Crippen LogP contribution is -2.05. The molecule has 0 saturated carbocycles. The predicted octanol–water partition coefficient (Wildman–Crippen LogP) is 3.97. The van der Waals surface area contributed by atoms with E-state index in [4.69, 9.17) is 9.47 Å². The number of hydrogen-bond donors (Lipinski definition) is 0. The fourth-order valence-corrected chi connectivity index (χ4v) is 2.48. The molecule has 0 atom stereocenters. The topological polar surface area (TPSA) is 65.0 Å². The van der Waals surface area contributed by atoms with Crippen LogP contribution in [-0.2, 0) is 14.3 Å². The lowest BCUT2D eigenvalue weighted by Gasteiger charge is -2.01. The van der Waals surface area contributed by atoms with Crippen molar-refractivity contribution in [3.63, 3.8) is 0 Å². The molecule has 3 rings (SSSR count). The summed E-state index contributed by atoms with van der Waals surface area (Å²) in [6.07, 6.45) is 1.61. The number of hydrogen-bond acceptors (Lipinski definition) is 5. The van der Waals surface area contributed by atoms with Crippen LogP contribution in [0.2, 0.25) is 0 Å². The number of esters is 2. The molecule has 126 valence electrons. The molecular weight excluding hydrogens is 386 g/mol. The Morgan fingerprint density at radius 1 is 1.16 bits per heavy atom. The van der Waals surface area contributed by atoms with E-state index in [0.717, 1.165) is 15.6 Å². The third kappa shape index (κ3) is 4.03. The zero-order chi connectivity index (χ0) is 17.8. The number of cyclic esters (lactones) is 1. The van der Waals surface area contributed by atoms with Gasteiger partial charge in [0.1, 0.15) is 0 Å². The summed E-state index contributed by atoms with van der Waals surface area (Å²) < 4.78 is 11.1. The van der Waals surface area contributed by atoms with Gasteiger partial charge in [0.15, 0.2) is 5.70 Å². The van der Waals surface area contributed by atoms with Crippen molar-refractivity contribution in [3.8, 4) is 0 Å². The SMILES string of the molecule is CCOC(=O)c1ccc(/C=C2\N=C(c3ccc(Br)cc3)OC2=O)cc1. The first-order chi connectivity index (χ1) is 12.1. The van der Waals surface area contributed by atoms with Crippen LogP contribution in [0.5, 0.6) is 0 Å². The summed E-state index contributed by atoms with van der Waals surface area (Å²) in [5.41, 5.74) is 2.12. The summed E-state index contributed by atoms with van der Waals surface area (Å²) in [6.45, 7) is 2.08. The maximum Gasteiger partial charge on any atom is 0.363 e. The third-order valence-electron chi connectivity index (χ3n) is 3.44. The molecular formula is C19H14BrNO4. The smallest absolute Gasteiger partial charge is 0.363 e. The Labute approximate surface area is 153 Å². The molecule has 0 aromatic heterocycles. The van der Waals surface area contributed by atoms with Gasteiger partial charge >= 0.3 is 11.9 Å². The number of halogens is 1. The monoisotopic (exact) mass is 399 g/mol. The lowest BCUT2D eigenvalue weighted by molar-refractivity contribution is -0.129. The van der Waals surface area contributed by atoms with E-state index in [0.29, 0.717) is 12.2 Å². The second-order valence-corrected chi connectivity index (χ2v) is 6.10. The largest absolute Gasteiger partial charge is 0.462 e. The summed E-state index contributed by atoms with van der Waals surface area (Å²) in [6, 6.07) is 14.1. The number of ether oxygens (including phenoxy) is 2.